The molecule has 0 amide bonds. The van der Waals surface area contributed by atoms with E-state index in [2.05, 4.69) is 20.9 Å². The highest BCUT2D eigenvalue weighted by atomic mass is 79.9. The number of alkyl halides is 3. The van der Waals surface area contributed by atoms with Crippen molar-refractivity contribution in [2.24, 2.45) is 0 Å². The predicted octanol–water partition coefficient (Wildman–Crippen LogP) is 3.83. The third-order valence-corrected chi connectivity index (χ3v) is 2.91. The quantitative estimate of drug-likeness (QED) is 0.744. The van der Waals surface area contributed by atoms with Crippen molar-refractivity contribution in [3.63, 3.8) is 0 Å². The standard InChI is InChI=1S/C8H7BrClF2N/c1-4-2-5(8(11)12)13-6(3-10)7(4)9/h2,8H,3H2,1H3. The van der Waals surface area contributed by atoms with Gasteiger partial charge in [0.1, 0.15) is 5.69 Å². The summed E-state index contributed by atoms with van der Waals surface area (Å²) in [6, 6.07) is 1.35. The van der Waals surface area contributed by atoms with Crippen LogP contribution in [0.2, 0.25) is 0 Å². The highest BCUT2D eigenvalue weighted by molar-refractivity contribution is 9.10. The van der Waals surface area contributed by atoms with E-state index in [-0.39, 0.29) is 11.6 Å². The summed E-state index contributed by atoms with van der Waals surface area (Å²) < 4.78 is 25.2. The molecule has 1 nitrogen and oxygen atoms in total. The van der Waals surface area contributed by atoms with Crippen LogP contribution in [0.4, 0.5) is 8.78 Å². The maximum atomic E-state index is 12.3. The first-order valence-corrected chi connectivity index (χ1v) is 4.89. The molecule has 0 aliphatic carbocycles. The van der Waals surface area contributed by atoms with Crippen molar-refractivity contribution in [1.82, 2.24) is 4.98 Å². The normalized spacial score (nSPS) is 10.9. The summed E-state index contributed by atoms with van der Waals surface area (Å²) in [6.07, 6.45) is -2.55. The average molecular weight is 271 g/mol. The van der Waals surface area contributed by atoms with Crippen LogP contribution in [0.15, 0.2) is 10.5 Å². The van der Waals surface area contributed by atoms with Gasteiger partial charge in [-0.1, -0.05) is 0 Å². The first-order valence-electron chi connectivity index (χ1n) is 3.56. The van der Waals surface area contributed by atoms with Crippen molar-refractivity contribution in [2.45, 2.75) is 19.2 Å². The number of aromatic nitrogens is 1. The molecule has 0 saturated heterocycles. The molecule has 0 N–H and O–H groups in total. The molecule has 0 radical (unpaired) electrons. The minimum absolute atomic E-state index is 0.127. The van der Waals surface area contributed by atoms with E-state index in [0.717, 1.165) is 5.56 Å². The predicted molar refractivity (Wildman–Crippen MR) is 51.2 cm³/mol. The lowest BCUT2D eigenvalue weighted by molar-refractivity contribution is 0.145. The summed E-state index contributed by atoms with van der Waals surface area (Å²) in [6.45, 7) is 1.73. The van der Waals surface area contributed by atoms with Crippen LogP contribution in [0.3, 0.4) is 0 Å². The zero-order chi connectivity index (χ0) is 10.0. The maximum absolute atomic E-state index is 12.3. The number of aryl methyl sites for hydroxylation is 1. The number of hydrogen-bond donors (Lipinski definition) is 0. The second kappa shape index (κ2) is 4.33. The van der Waals surface area contributed by atoms with Gasteiger partial charge < -0.3 is 0 Å². The largest absolute Gasteiger partial charge is 0.280 e. The molecule has 1 aromatic rings. The van der Waals surface area contributed by atoms with E-state index >= 15 is 0 Å². The zero-order valence-corrected chi connectivity index (χ0v) is 9.16. The molecule has 0 aliphatic rings. The summed E-state index contributed by atoms with van der Waals surface area (Å²) in [7, 11) is 0. The fourth-order valence-electron chi connectivity index (χ4n) is 0.950. The number of nitrogens with zero attached hydrogens (tertiary/aromatic N) is 1. The Bertz CT molecular complexity index is 317. The van der Waals surface area contributed by atoms with Crippen molar-refractivity contribution in [2.75, 3.05) is 0 Å². The number of pyridine rings is 1. The minimum Gasteiger partial charge on any atom is -0.249 e. The SMILES string of the molecule is Cc1cc(C(F)F)nc(CCl)c1Br. The summed E-state index contributed by atoms with van der Waals surface area (Å²) >= 11 is 8.78. The third-order valence-electron chi connectivity index (χ3n) is 1.58. The molecule has 72 valence electrons. The van der Waals surface area contributed by atoms with Crippen LogP contribution in [0.1, 0.15) is 23.4 Å². The first kappa shape index (κ1) is 10.9. The molecule has 5 heteroatoms. The average Bonchev–Trinajstić information content (AvgIpc) is 2.09. The van der Waals surface area contributed by atoms with Crippen molar-refractivity contribution in [3.8, 4) is 0 Å². The Hall–Kier alpha value is -0.220. The molecule has 0 fully saturated rings. The van der Waals surface area contributed by atoms with Crippen molar-refractivity contribution in [3.05, 3.63) is 27.5 Å². The second-order valence-corrected chi connectivity index (χ2v) is 3.62. The molecule has 0 atom stereocenters. The molecule has 0 aromatic carbocycles. The Morgan fingerprint density at radius 2 is 2.23 bits per heavy atom. The molecule has 0 saturated carbocycles. The van der Waals surface area contributed by atoms with Gasteiger partial charge in [-0.05, 0) is 34.5 Å². The molecular weight excluding hydrogens is 263 g/mol. The monoisotopic (exact) mass is 269 g/mol. The lowest BCUT2D eigenvalue weighted by Gasteiger charge is -2.06. The van der Waals surface area contributed by atoms with Crippen LogP contribution in [-0.4, -0.2) is 4.98 Å². The Labute approximate surface area is 88.2 Å². The molecular formula is C8H7BrClF2N. The summed E-state index contributed by atoms with van der Waals surface area (Å²) in [4.78, 5) is 3.72. The lowest BCUT2D eigenvalue weighted by atomic mass is 10.2. The number of halogens is 4. The summed E-state index contributed by atoms with van der Waals surface area (Å²) in [5, 5.41) is 0. The molecule has 1 heterocycles. The highest BCUT2D eigenvalue weighted by Gasteiger charge is 2.13. The van der Waals surface area contributed by atoms with Gasteiger partial charge in [0.25, 0.3) is 6.43 Å². The molecule has 0 spiro atoms. The van der Waals surface area contributed by atoms with Gasteiger partial charge in [0.15, 0.2) is 0 Å². The van der Waals surface area contributed by atoms with E-state index in [9.17, 15) is 8.78 Å². The van der Waals surface area contributed by atoms with E-state index < -0.39 is 6.43 Å². The van der Waals surface area contributed by atoms with Crippen LogP contribution >= 0.6 is 27.5 Å². The molecule has 0 aliphatic heterocycles. The second-order valence-electron chi connectivity index (χ2n) is 2.56. The van der Waals surface area contributed by atoms with Crippen molar-refractivity contribution >= 4 is 27.5 Å². The Morgan fingerprint density at radius 3 is 2.69 bits per heavy atom. The molecule has 13 heavy (non-hydrogen) atoms. The fraction of sp³-hybridized carbons (Fsp3) is 0.375. The Balaban J connectivity index is 3.22. The van der Waals surface area contributed by atoms with Gasteiger partial charge in [-0.25, -0.2) is 13.8 Å². The first-order chi connectivity index (χ1) is 6.06. The van der Waals surface area contributed by atoms with Crippen LogP contribution in [-0.2, 0) is 5.88 Å². The van der Waals surface area contributed by atoms with E-state index in [4.69, 9.17) is 11.6 Å². The van der Waals surface area contributed by atoms with E-state index in [1.54, 1.807) is 6.92 Å². The highest BCUT2D eigenvalue weighted by Crippen LogP contribution is 2.26. The van der Waals surface area contributed by atoms with Gasteiger partial charge >= 0.3 is 0 Å². The third kappa shape index (κ3) is 2.38. The number of hydrogen-bond acceptors (Lipinski definition) is 1. The van der Waals surface area contributed by atoms with Crippen LogP contribution in [0.25, 0.3) is 0 Å². The topological polar surface area (TPSA) is 12.9 Å². The minimum atomic E-state index is -2.55. The zero-order valence-electron chi connectivity index (χ0n) is 6.82. The fourth-order valence-corrected chi connectivity index (χ4v) is 1.65. The van der Waals surface area contributed by atoms with Crippen LogP contribution in [0, 0.1) is 6.92 Å². The van der Waals surface area contributed by atoms with Crippen molar-refractivity contribution < 1.29 is 8.78 Å². The maximum Gasteiger partial charge on any atom is 0.280 e. The van der Waals surface area contributed by atoms with Crippen LogP contribution < -0.4 is 0 Å². The smallest absolute Gasteiger partial charge is 0.249 e. The van der Waals surface area contributed by atoms with Gasteiger partial charge in [0, 0.05) is 4.47 Å². The summed E-state index contributed by atoms with van der Waals surface area (Å²) in [5.74, 6) is 0.127. The Morgan fingerprint density at radius 1 is 1.62 bits per heavy atom. The van der Waals surface area contributed by atoms with Crippen LogP contribution in [0.5, 0.6) is 0 Å². The number of rotatable bonds is 2. The molecule has 1 rings (SSSR count). The van der Waals surface area contributed by atoms with Gasteiger partial charge in [-0.2, -0.15) is 0 Å². The molecule has 0 bridgehead atoms. The van der Waals surface area contributed by atoms with Gasteiger partial charge in [0.05, 0.1) is 11.6 Å². The van der Waals surface area contributed by atoms with Gasteiger partial charge in [-0.15, -0.1) is 11.6 Å². The van der Waals surface area contributed by atoms with Gasteiger partial charge in [0.2, 0.25) is 0 Å². The lowest BCUT2D eigenvalue weighted by Crippen LogP contribution is -1.97. The Kier molecular flexibility index (Phi) is 3.62. The van der Waals surface area contributed by atoms with Gasteiger partial charge in [-0.3, -0.25) is 0 Å². The van der Waals surface area contributed by atoms with E-state index in [0.29, 0.717) is 10.2 Å². The molecule has 0 unspecified atom stereocenters. The molecule has 1 aromatic heterocycles. The van der Waals surface area contributed by atoms with E-state index in [1.807, 2.05) is 0 Å². The van der Waals surface area contributed by atoms with Crippen molar-refractivity contribution in [1.29, 1.82) is 0 Å². The summed E-state index contributed by atoms with van der Waals surface area (Å²) in [5.41, 5.74) is 0.953. The van der Waals surface area contributed by atoms with E-state index in [1.165, 1.54) is 6.07 Å².